The summed E-state index contributed by atoms with van der Waals surface area (Å²) < 4.78 is 12.9. The predicted octanol–water partition coefficient (Wildman–Crippen LogP) is 1.04. The summed E-state index contributed by atoms with van der Waals surface area (Å²) in [6.07, 6.45) is 0. The van der Waals surface area contributed by atoms with Gasteiger partial charge in [-0.3, -0.25) is 14.9 Å². The molecule has 0 heterocycles. The van der Waals surface area contributed by atoms with Gasteiger partial charge in [0.1, 0.15) is 5.82 Å². The molecule has 0 saturated heterocycles. The van der Waals surface area contributed by atoms with E-state index >= 15 is 0 Å². The van der Waals surface area contributed by atoms with Crippen molar-refractivity contribution in [2.45, 2.75) is 0 Å². The molecule has 0 unspecified atom stereocenters. The normalized spacial score (nSPS) is 9.50. The van der Waals surface area contributed by atoms with Gasteiger partial charge >= 0.3 is 0 Å². The lowest BCUT2D eigenvalue weighted by molar-refractivity contribution is -0.467. The standard InChI is InChI=1S/C8H7FN2O3/c9-6-3-1-2-4-7(6)10-8(12)5-11(13)14/h1-4H,5H2,(H,10,12). The Morgan fingerprint density at radius 3 is 2.71 bits per heavy atom. The molecule has 0 aliphatic rings. The predicted molar refractivity (Wildman–Crippen MR) is 46.9 cm³/mol. The molecular weight excluding hydrogens is 191 g/mol. The van der Waals surface area contributed by atoms with Crippen LogP contribution in [-0.2, 0) is 4.79 Å². The van der Waals surface area contributed by atoms with Crippen molar-refractivity contribution in [3.05, 3.63) is 40.2 Å². The second kappa shape index (κ2) is 4.31. The fourth-order valence-electron chi connectivity index (χ4n) is 0.870. The molecule has 1 aromatic carbocycles. The van der Waals surface area contributed by atoms with Crippen molar-refractivity contribution in [2.24, 2.45) is 0 Å². The molecule has 1 amide bonds. The Balaban J connectivity index is 2.65. The summed E-state index contributed by atoms with van der Waals surface area (Å²) >= 11 is 0. The summed E-state index contributed by atoms with van der Waals surface area (Å²) in [5, 5.41) is 12.0. The topological polar surface area (TPSA) is 72.2 Å². The SMILES string of the molecule is O=C(C[N+](=O)[O-])Nc1ccccc1F. The van der Waals surface area contributed by atoms with Crippen LogP contribution in [0.5, 0.6) is 0 Å². The van der Waals surface area contributed by atoms with Crippen LogP contribution in [0.2, 0.25) is 0 Å². The number of carbonyl (C=O) groups excluding carboxylic acids is 1. The van der Waals surface area contributed by atoms with E-state index in [1.807, 2.05) is 0 Å². The highest BCUT2D eigenvalue weighted by molar-refractivity contribution is 5.91. The van der Waals surface area contributed by atoms with Crippen LogP contribution in [0.1, 0.15) is 0 Å². The summed E-state index contributed by atoms with van der Waals surface area (Å²) in [5.74, 6) is -1.47. The third-order valence-corrected chi connectivity index (χ3v) is 1.42. The first kappa shape index (κ1) is 10.1. The van der Waals surface area contributed by atoms with Gasteiger partial charge in [0.25, 0.3) is 12.5 Å². The first-order valence-electron chi connectivity index (χ1n) is 3.76. The van der Waals surface area contributed by atoms with Gasteiger partial charge < -0.3 is 5.32 Å². The highest BCUT2D eigenvalue weighted by Gasteiger charge is 2.11. The molecule has 0 aromatic heterocycles. The Morgan fingerprint density at radius 2 is 2.14 bits per heavy atom. The van der Waals surface area contributed by atoms with E-state index in [9.17, 15) is 19.3 Å². The molecule has 0 bridgehead atoms. The minimum absolute atomic E-state index is 0.0562. The molecule has 5 nitrogen and oxygen atoms in total. The van der Waals surface area contributed by atoms with Crippen LogP contribution in [0.15, 0.2) is 24.3 Å². The first-order chi connectivity index (χ1) is 6.59. The number of benzene rings is 1. The van der Waals surface area contributed by atoms with Crippen molar-refractivity contribution >= 4 is 11.6 Å². The number of para-hydroxylation sites is 1. The summed E-state index contributed by atoms with van der Waals surface area (Å²) in [7, 11) is 0. The number of halogens is 1. The number of hydrogen-bond donors (Lipinski definition) is 1. The Hall–Kier alpha value is -1.98. The molecule has 6 heteroatoms. The first-order valence-corrected chi connectivity index (χ1v) is 3.76. The van der Waals surface area contributed by atoms with E-state index in [0.717, 1.165) is 6.07 Å². The molecule has 1 rings (SSSR count). The van der Waals surface area contributed by atoms with Crippen molar-refractivity contribution in [1.82, 2.24) is 0 Å². The minimum atomic E-state index is -0.867. The molecule has 0 saturated carbocycles. The maximum absolute atomic E-state index is 12.9. The lowest BCUT2D eigenvalue weighted by Gasteiger charge is -2.02. The summed E-state index contributed by atoms with van der Waals surface area (Å²) in [5.41, 5.74) is -0.0562. The molecule has 0 spiro atoms. The number of amides is 1. The third kappa shape index (κ3) is 2.81. The van der Waals surface area contributed by atoms with Crippen molar-refractivity contribution in [1.29, 1.82) is 0 Å². The van der Waals surface area contributed by atoms with Gasteiger partial charge in [0.2, 0.25) is 0 Å². The van der Waals surface area contributed by atoms with Gasteiger partial charge in [-0.1, -0.05) is 12.1 Å². The van der Waals surface area contributed by atoms with Crippen LogP contribution in [0, 0.1) is 15.9 Å². The van der Waals surface area contributed by atoms with E-state index in [0.29, 0.717) is 0 Å². The molecule has 1 aromatic rings. The number of rotatable bonds is 3. The number of nitrogens with zero attached hydrogens (tertiary/aromatic N) is 1. The van der Waals surface area contributed by atoms with Crippen molar-refractivity contribution in [3.8, 4) is 0 Å². The third-order valence-electron chi connectivity index (χ3n) is 1.42. The number of carbonyl (C=O) groups is 1. The summed E-state index contributed by atoms with van der Waals surface area (Å²) in [6.45, 7) is -0.867. The van der Waals surface area contributed by atoms with Gasteiger partial charge in [-0.05, 0) is 12.1 Å². The lowest BCUT2D eigenvalue weighted by Crippen LogP contribution is -2.22. The highest BCUT2D eigenvalue weighted by Crippen LogP contribution is 2.11. The monoisotopic (exact) mass is 198 g/mol. The zero-order valence-electron chi connectivity index (χ0n) is 7.07. The van der Waals surface area contributed by atoms with Gasteiger partial charge in [0.15, 0.2) is 0 Å². The fraction of sp³-hybridized carbons (Fsp3) is 0.125. The smallest absolute Gasteiger partial charge is 0.296 e. The zero-order valence-corrected chi connectivity index (χ0v) is 7.07. The molecule has 0 fully saturated rings. The summed E-state index contributed by atoms with van der Waals surface area (Å²) in [4.78, 5) is 20.0. The van der Waals surface area contributed by atoms with Crippen LogP contribution in [0.3, 0.4) is 0 Å². The molecule has 0 atom stereocenters. The van der Waals surface area contributed by atoms with E-state index in [1.165, 1.54) is 18.2 Å². The number of nitro groups is 1. The summed E-state index contributed by atoms with van der Waals surface area (Å²) in [6, 6.07) is 5.46. The van der Waals surface area contributed by atoms with Gasteiger partial charge in [-0.15, -0.1) is 0 Å². The number of hydrogen-bond acceptors (Lipinski definition) is 3. The quantitative estimate of drug-likeness (QED) is 0.582. The number of nitrogens with one attached hydrogen (secondary N) is 1. The van der Waals surface area contributed by atoms with Crippen LogP contribution < -0.4 is 5.32 Å². The average molecular weight is 198 g/mol. The van der Waals surface area contributed by atoms with Gasteiger partial charge in [0, 0.05) is 4.92 Å². The molecular formula is C8H7FN2O3. The van der Waals surface area contributed by atoms with E-state index in [2.05, 4.69) is 5.32 Å². The molecule has 1 N–H and O–H groups in total. The Labute approximate surface area is 78.7 Å². The molecule has 0 radical (unpaired) electrons. The highest BCUT2D eigenvalue weighted by atomic mass is 19.1. The van der Waals surface area contributed by atoms with Crippen LogP contribution >= 0.6 is 0 Å². The van der Waals surface area contributed by atoms with E-state index < -0.39 is 23.2 Å². The average Bonchev–Trinajstić information content (AvgIpc) is 2.07. The zero-order chi connectivity index (χ0) is 10.6. The van der Waals surface area contributed by atoms with Gasteiger partial charge in [-0.25, -0.2) is 4.39 Å². The second-order valence-electron chi connectivity index (χ2n) is 2.52. The second-order valence-corrected chi connectivity index (χ2v) is 2.52. The Kier molecular flexibility index (Phi) is 3.11. The van der Waals surface area contributed by atoms with E-state index in [-0.39, 0.29) is 5.69 Å². The maximum atomic E-state index is 12.9. The Bertz CT molecular complexity index is 367. The van der Waals surface area contributed by atoms with Crippen LogP contribution in [-0.4, -0.2) is 17.4 Å². The maximum Gasteiger partial charge on any atom is 0.296 e. The molecule has 0 aliphatic heterocycles. The molecule has 74 valence electrons. The van der Waals surface area contributed by atoms with Gasteiger partial charge in [-0.2, -0.15) is 0 Å². The van der Waals surface area contributed by atoms with E-state index in [4.69, 9.17) is 0 Å². The molecule has 14 heavy (non-hydrogen) atoms. The van der Waals surface area contributed by atoms with Gasteiger partial charge in [0.05, 0.1) is 5.69 Å². The minimum Gasteiger partial charge on any atom is -0.318 e. The molecule has 0 aliphatic carbocycles. The van der Waals surface area contributed by atoms with Crippen molar-refractivity contribution < 1.29 is 14.1 Å². The van der Waals surface area contributed by atoms with Crippen molar-refractivity contribution in [2.75, 3.05) is 11.9 Å². The fourth-order valence-corrected chi connectivity index (χ4v) is 0.870. The largest absolute Gasteiger partial charge is 0.318 e. The lowest BCUT2D eigenvalue weighted by atomic mass is 10.3. The van der Waals surface area contributed by atoms with Crippen LogP contribution in [0.25, 0.3) is 0 Å². The van der Waals surface area contributed by atoms with Crippen LogP contribution in [0.4, 0.5) is 10.1 Å². The van der Waals surface area contributed by atoms with E-state index in [1.54, 1.807) is 0 Å². The van der Waals surface area contributed by atoms with Crippen molar-refractivity contribution in [3.63, 3.8) is 0 Å². The Morgan fingerprint density at radius 1 is 1.50 bits per heavy atom. The number of anilines is 1.